The van der Waals surface area contributed by atoms with Crippen molar-refractivity contribution in [3.05, 3.63) is 36.0 Å². The van der Waals surface area contributed by atoms with Gasteiger partial charge in [0.2, 0.25) is 5.91 Å². The molecule has 0 aliphatic carbocycles. The maximum Gasteiger partial charge on any atom is 0.237 e. The number of piperidine rings is 1. The zero-order valence-electron chi connectivity index (χ0n) is 17.6. The van der Waals surface area contributed by atoms with Crippen molar-refractivity contribution in [3.63, 3.8) is 0 Å². The Kier molecular flexibility index (Phi) is 5.87. The minimum absolute atomic E-state index is 0.0463. The first-order chi connectivity index (χ1) is 14.4. The molecule has 30 heavy (non-hydrogen) atoms. The number of hydrogen-bond acceptors (Lipinski definition) is 5. The van der Waals surface area contributed by atoms with Crippen LogP contribution in [0.1, 0.15) is 24.8 Å². The third-order valence-electron chi connectivity index (χ3n) is 6.41. The Bertz CT molecular complexity index is 966. The molecule has 2 fully saturated rings. The topological polar surface area (TPSA) is 63.5 Å². The van der Waals surface area contributed by atoms with Gasteiger partial charge < -0.3 is 9.80 Å². The van der Waals surface area contributed by atoms with E-state index in [-0.39, 0.29) is 25.4 Å². The van der Waals surface area contributed by atoms with Gasteiger partial charge in [0.15, 0.2) is 0 Å². The highest BCUT2D eigenvalue weighted by Gasteiger charge is 2.36. The monoisotopic (exact) mass is 409 g/mol. The maximum absolute atomic E-state index is 13.6. The van der Waals surface area contributed by atoms with Crippen LogP contribution in [-0.2, 0) is 4.79 Å². The highest BCUT2D eigenvalue weighted by molar-refractivity contribution is 5.82. The highest BCUT2D eigenvalue weighted by Crippen LogP contribution is 2.26. The van der Waals surface area contributed by atoms with Crippen LogP contribution in [0.25, 0.3) is 10.9 Å². The van der Waals surface area contributed by atoms with Gasteiger partial charge in [-0.15, -0.1) is 0 Å². The Morgan fingerprint density at radius 3 is 2.83 bits per heavy atom. The molecule has 2 aliphatic rings. The van der Waals surface area contributed by atoms with Gasteiger partial charge in [-0.25, -0.2) is 4.39 Å². The predicted octanol–water partition coefficient (Wildman–Crippen LogP) is 2.91. The van der Waals surface area contributed by atoms with Crippen LogP contribution in [-0.4, -0.2) is 72.2 Å². The number of likely N-dealkylation sites (tertiary alicyclic amines) is 2. The van der Waals surface area contributed by atoms with E-state index in [4.69, 9.17) is 5.26 Å². The van der Waals surface area contributed by atoms with Crippen LogP contribution >= 0.6 is 0 Å². The second-order valence-electron chi connectivity index (χ2n) is 8.53. The summed E-state index contributed by atoms with van der Waals surface area (Å²) in [7, 11) is 2.10. The van der Waals surface area contributed by atoms with E-state index in [2.05, 4.69) is 53.0 Å². The van der Waals surface area contributed by atoms with Crippen LogP contribution in [0.15, 0.2) is 30.5 Å². The molecular formula is C23H28FN5O. The van der Waals surface area contributed by atoms with Gasteiger partial charge in [-0.3, -0.25) is 14.7 Å². The van der Waals surface area contributed by atoms with E-state index in [1.807, 2.05) is 12.3 Å². The molecular weight excluding hydrogens is 381 g/mol. The van der Waals surface area contributed by atoms with Crippen molar-refractivity contribution in [2.45, 2.75) is 44.4 Å². The Morgan fingerprint density at radius 1 is 1.33 bits per heavy atom. The summed E-state index contributed by atoms with van der Waals surface area (Å²) < 4.78 is 13.6. The van der Waals surface area contributed by atoms with Crippen LogP contribution < -0.4 is 4.90 Å². The number of amides is 1. The van der Waals surface area contributed by atoms with E-state index in [1.165, 1.54) is 10.5 Å². The molecule has 2 atom stereocenters. The van der Waals surface area contributed by atoms with Gasteiger partial charge in [0, 0.05) is 38.0 Å². The van der Waals surface area contributed by atoms with Crippen molar-refractivity contribution in [3.8, 4) is 6.07 Å². The minimum atomic E-state index is -1.09. The number of fused-ring (bicyclic) bond motifs is 1. The fourth-order valence-electron chi connectivity index (χ4n) is 4.57. The van der Waals surface area contributed by atoms with E-state index in [0.717, 1.165) is 42.5 Å². The van der Waals surface area contributed by atoms with E-state index >= 15 is 0 Å². The van der Waals surface area contributed by atoms with Gasteiger partial charge in [0.25, 0.3) is 0 Å². The number of carbonyl (C=O) groups is 1. The van der Waals surface area contributed by atoms with Crippen molar-refractivity contribution in [1.82, 2.24) is 14.8 Å². The minimum Gasteiger partial charge on any atom is -0.370 e. The lowest BCUT2D eigenvalue weighted by atomic mass is 10.0. The van der Waals surface area contributed by atoms with Gasteiger partial charge in [0.1, 0.15) is 12.2 Å². The summed E-state index contributed by atoms with van der Waals surface area (Å²) >= 11 is 0. The average molecular weight is 410 g/mol. The summed E-state index contributed by atoms with van der Waals surface area (Å²) in [6.07, 6.45) is 2.87. The molecule has 0 radical (unpaired) electrons. The number of nitrogens with zero attached hydrogens (tertiary/aromatic N) is 5. The lowest BCUT2D eigenvalue weighted by Gasteiger charge is -2.38. The summed E-state index contributed by atoms with van der Waals surface area (Å²) in [5.41, 5.74) is 3.32. The lowest BCUT2D eigenvalue weighted by Crippen LogP contribution is -2.48. The number of pyridine rings is 1. The summed E-state index contributed by atoms with van der Waals surface area (Å²) in [5, 5.41) is 10.3. The molecule has 0 N–H and O–H groups in total. The Labute approximate surface area is 176 Å². The molecule has 4 rings (SSSR count). The number of anilines is 1. The van der Waals surface area contributed by atoms with E-state index < -0.39 is 12.2 Å². The number of halogens is 1. The van der Waals surface area contributed by atoms with Crippen molar-refractivity contribution in [2.75, 3.05) is 38.1 Å². The number of hydrogen-bond donors (Lipinski definition) is 0. The van der Waals surface area contributed by atoms with Crippen LogP contribution in [0.4, 0.5) is 10.1 Å². The number of benzene rings is 1. The molecule has 158 valence electrons. The molecule has 7 heteroatoms. The van der Waals surface area contributed by atoms with Crippen LogP contribution in [0.3, 0.4) is 0 Å². The molecule has 0 bridgehead atoms. The molecule has 3 heterocycles. The number of carbonyl (C=O) groups excluding carboxylic acids is 1. The zero-order chi connectivity index (χ0) is 21.3. The molecule has 2 aliphatic heterocycles. The normalized spacial score (nSPS) is 22.9. The second kappa shape index (κ2) is 8.57. The summed E-state index contributed by atoms with van der Waals surface area (Å²) in [4.78, 5) is 23.0. The van der Waals surface area contributed by atoms with Gasteiger partial charge in [-0.2, -0.15) is 5.26 Å². The summed E-state index contributed by atoms with van der Waals surface area (Å²) in [5.74, 6) is -0.136. The number of rotatable bonds is 4. The first kappa shape index (κ1) is 20.5. The van der Waals surface area contributed by atoms with E-state index in [1.54, 1.807) is 0 Å². The molecule has 2 saturated heterocycles. The molecule has 1 unspecified atom stereocenters. The molecule has 0 saturated carbocycles. The van der Waals surface area contributed by atoms with Gasteiger partial charge in [-0.1, -0.05) is 11.6 Å². The third kappa shape index (κ3) is 4.24. The van der Waals surface area contributed by atoms with Gasteiger partial charge >= 0.3 is 0 Å². The van der Waals surface area contributed by atoms with Crippen LogP contribution in [0.5, 0.6) is 0 Å². The highest BCUT2D eigenvalue weighted by atomic mass is 19.1. The molecule has 0 spiro atoms. The third-order valence-corrected chi connectivity index (χ3v) is 6.41. The van der Waals surface area contributed by atoms with Crippen LogP contribution in [0.2, 0.25) is 0 Å². The van der Waals surface area contributed by atoms with Crippen LogP contribution in [0, 0.1) is 18.3 Å². The van der Waals surface area contributed by atoms with Gasteiger partial charge in [0.05, 0.1) is 36.6 Å². The van der Waals surface area contributed by atoms with E-state index in [0.29, 0.717) is 6.04 Å². The number of aryl methyl sites for hydroxylation is 1. The maximum atomic E-state index is 13.6. The Hall–Kier alpha value is -2.72. The first-order valence-corrected chi connectivity index (χ1v) is 10.6. The fourth-order valence-corrected chi connectivity index (χ4v) is 4.57. The molecule has 1 amide bonds. The van der Waals surface area contributed by atoms with Gasteiger partial charge in [-0.05, 0) is 38.0 Å². The molecule has 6 nitrogen and oxygen atoms in total. The van der Waals surface area contributed by atoms with Crippen molar-refractivity contribution in [2.24, 2.45) is 0 Å². The second-order valence-corrected chi connectivity index (χ2v) is 8.53. The molecule has 1 aromatic heterocycles. The smallest absolute Gasteiger partial charge is 0.237 e. The standard InChI is InChI=1S/C23H28FN5O/c1-16-3-4-22-17(9-16)10-21(13-26-22)27(2)19-5-7-28(8-6-19)15-23(30)29-14-18(24)11-20(29)12-25/h3-4,9-10,13,18-20H,5-8,11,14-15H2,1-2H3/t18-,20?/m0/s1. The number of aromatic nitrogens is 1. The lowest BCUT2D eigenvalue weighted by molar-refractivity contribution is -0.132. The average Bonchev–Trinajstić information content (AvgIpc) is 3.14. The Balaban J connectivity index is 1.34. The summed E-state index contributed by atoms with van der Waals surface area (Å²) in [6.45, 7) is 4.01. The predicted molar refractivity (Wildman–Crippen MR) is 115 cm³/mol. The largest absolute Gasteiger partial charge is 0.370 e. The fraction of sp³-hybridized carbons (Fsp3) is 0.522. The number of alkyl halides is 1. The quantitative estimate of drug-likeness (QED) is 0.777. The number of nitriles is 1. The Morgan fingerprint density at radius 2 is 2.10 bits per heavy atom. The van der Waals surface area contributed by atoms with Crippen molar-refractivity contribution in [1.29, 1.82) is 5.26 Å². The first-order valence-electron chi connectivity index (χ1n) is 10.6. The zero-order valence-corrected chi connectivity index (χ0v) is 17.6. The van der Waals surface area contributed by atoms with E-state index in [9.17, 15) is 9.18 Å². The molecule has 2 aromatic rings. The SMILES string of the molecule is Cc1ccc2ncc(N(C)C3CCN(CC(=O)N4C[C@@H](F)CC4C#N)CC3)cc2c1. The summed E-state index contributed by atoms with van der Waals surface area (Å²) in [6, 6.07) is 10.3. The van der Waals surface area contributed by atoms with Crippen molar-refractivity contribution < 1.29 is 9.18 Å². The molecule has 1 aromatic carbocycles. The van der Waals surface area contributed by atoms with Crippen molar-refractivity contribution >= 4 is 22.5 Å².